The van der Waals surface area contributed by atoms with Gasteiger partial charge in [-0.15, -0.1) is 0 Å². The number of hydrogen-bond donors (Lipinski definition) is 2. The number of aliphatic hydroxyl groups is 1. The van der Waals surface area contributed by atoms with Crippen LogP contribution in [0.3, 0.4) is 0 Å². The Balaban J connectivity index is 1.85. The van der Waals surface area contributed by atoms with Crippen molar-refractivity contribution in [3.63, 3.8) is 0 Å². The van der Waals surface area contributed by atoms with E-state index in [1.54, 1.807) is 72.8 Å². The molecule has 2 N–H and O–H groups in total. The van der Waals surface area contributed by atoms with E-state index in [0.29, 0.717) is 27.3 Å². The molecule has 1 aromatic heterocycles. The van der Waals surface area contributed by atoms with Crippen LogP contribution in [-0.2, 0) is 0 Å². The van der Waals surface area contributed by atoms with Gasteiger partial charge in [0, 0.05) is 10.6 Å². The molecule has 2 heterocycles. The number of rotatable bonds is 3. The largest absolute Gasteiger partial charge is 0.507 e. The van der Waals surface area contributed by atoms with Crippen molar-refractivity contribution in [2.24, 2.45) is 0 Å². The molecule has 0 spiro atoms. The molecule has 32 heavy (non-hydrogen) atoms. The highest BCUT2D eigenvalue weighted by Gasteiger charge is 2.35. The van der Waals surface area contributed by atoms with Gasteiger partial charge >= 0.3 is 5.63 Å². The summed E-state index contributed by atoms with van der Waals surface area (Å²) in [5.41, 5.74) is 0.807. The van der Waals surface area contributed by atoms with Crippen molar-refractivity contribution in [1.82, 2.24) is 0 Å². The second-order valence-electron chi connectivity index (χ2n) is 7.42. The van der Waals surface area contributed by atoms with Crippen molar-refractivity contribution in [1.29, 1.82) is 0 Å². The minimum absolute atomic E-state index is 0.0308. The first kappa shape index (κ1) is 20.0. The molecule has 158 valence electrons. The van der Waals surface area contributed by atoms with Crippen LogP contribution in [0.1, 0.15) is 22.6 Å². The third-order valence-electron chi connectivity index (χ3n) is 5.53. The molecule has 5 rings (SSSR count). The molecule has 0 saturated heterocycles. The predicted molar refractivity (Wildman–Crippen MR) is 123 cm³/mol. The fraction of sp³-hybridized carbons (Fsp3) is 0.0385. The summed E-state index contributed by atoms with van der Waals surface area (Å²) in [6, 6.07) is 20.5. The minimum atomic E-state index is -0.922. The van der Waals surface area contributed by atoms with Gasteiger partial charge < -0.3 is 19.4 Å². The highest BCUT2D eigenvalue weighted by molar-refractivity contribution is 6.30. The van der Waals surface area contributed by atoms with Gasteiger partial charge in [-0.1, -0.05) is 54.6 Å². The van der Waals surface area contributed by atoms with Gasteiger partial charge in [-0.3, -0.25) is 0 Å². The normalized spacial score (nSPS) is 14.2. The van der Waals surface area contributed by atoms with Crippen LogP contribution in [0, 0.1) is 0 Å². The quantitative estimate of drug-likeness (QED) is 0.370. The highest BCUT2D eigenvalue weighted by atomic mass is 35.5. The van der Waals surface area contributed by atoms with E-state index in [4.69, 9.17) is 20.8 Å². The van der Waals surface area contributed by atoms with E-state index in [0.717, 1.165) is 0 Å². The number of fused-ring (bicyclic) bond motifs is 2. The smallest absolute Gasteiger partial charge is 0.344 e. The molecule has 1 aliphatic rings. The molecule has 0 radical (unpaired) electrons. The summed E-state index contributed by atoms with van der Waals surface area (Å²) in [6.45, 7) is 3.98. The zero-order valence-electron chi connectivity index (χ0n) is 16.7. The van der Waals surface area contributed by atoms with Crippen LogP contribution in [0.2, 0.25) is 5.02 Å². The molecular weight excluding hydrogens is 428 g/mol. The lowest BCUT2D eigenvalue weighted by molar-refractivity contribution is 0.399. The number of aliphatic hydroxyl groups excluding tert-OH is 1. The third-order valence-corrected chi connectivity index (χ3v) is 5.78. The van der Waals surface area contributed by atoms with Crippen LogP contribution >= 0.6 is 11.6 Å². The Hall–Kier alpha value is -3.96. The lowest BCUT2D eigenvalue weighted by Gasteiger charge is -2.28. The van der Waals surface area contributed by atoms with Crippen LogP contribution in [0.5, 0.6) is 11.5 Å². The van der Waals surface area contributed by atoms with Gasteiger partial charge in [-0.25, -0.2) is 4.79 Å². The van der Waals surface area contributed by atoms with Gasteiger partial charge in [0.2, 0.25) is 0 Å². The zero-order chi connectivity index (χ0) is 22.4. The Morgan fingerprint density at radius 1 is 0.906 bits per heavy atom. The number of hydrogen-bond acceptors (Lipinski definition) is 5. The summed E-state index contributed by atoms with van der Waals surface area (Å²) in [7, 11) is 0. The maximum Gasteiger partial charge on any atom is 0.344 e. The fourth-order valence-corrected chi connectivity index (χ4v) is 4.18. The summed E-state index contributed by atoms with van der Waals surface area (Å²) in [4.78, 5) is 13.1. The van der Waals surface area contributed by atoms with Crippen LogP contribution < -0.4 is 10.4 Å². The van der Waals surface area contributed by atoms with Crippen LogP contribution in [-0.4, -0.2) is 10.2 Å². The maximum absolute atomic E-state index is 13.1. The molecule has 4 aromatic rings. The Bertz CT molecular complexity index is 1460. The van der Waals surface area contributed by atoms with E-state index < -0.39 is 11.5 Å². The molecule has 0 saturated carbocycles. The Morgan fingerprint density at radius 2 is 1.59 bits per heavy atom. The minimum Gasteiger partial charge on any atom is -0.507 e. The van der Waals surface area contributed by atoms with Crippen molar-refractivity contribution < 1.29 is 19.4 Å². The molecule has 0 bridgehead atoms. The molecule has 0 amide bonds. The van der Waals surface area contributed by atoms with Gasteiger partial charge in [0.05, 0.1) is 22.4 Å². The second-order valence-corrected chi connectivity index (χ2v) is 7.85. The van der Waals surface area contributed by atoms with Gasteiger partial charge in [0.15, 0.2) is 0 Å². The number of halogens is 1. The fourth-order valence-electron chi connectivity index (χ4n) is 4.05. The van der Waals surface area contributed by atoms with Crippen molar-refractivity contribution in [3.05, 3.63) is 123 Å². The van der Waals surface area contributed by atoms with Gasteiger partial charge in [-0.05, 0) is 42.0 Å². The average molecular weight is 445 g/mol. The maximum atomic E-state index is 13.1. The van der Waals surface area contributed by atoms with E-state index in [-0.39, 0.29) is 34.0 Å². The lowest BCUT2D eigenvalue weighted by atomic mass is 9.81. The van der Waals surface area contributed by atoms with Gasteiger partial charge in [0.25, 0.3) is 0 Å². The van der Waals surface area contributed by atoms with Crippen LogP contribution in [0.25, 0.3) is 16.7 Å². The molecule has 6 heteroatoms. The predicted octanol–water partition coefficient (Wildman–Crippen LogP) is 6.16. The summed E-state index contributed by atoms with van der Waals surface area (Å²) in [5.74, 6) is -0.641. The summed E-state index contributed by atoms with van der Waals surface area (Å²) in [5, 5.41) is 23.3. The lowest BCUT2D eigenvalue weighted by Crippen LogP contribution is -2.21. The molecule has 5 nitrogen and oxygen atoms in total. The molecule has 3 aromatic carbocycles. The summed E-state index contributed by atoms with van der Waals surface area (Å²) < 4.78 is 11.4. The summed E-state index contributed by atoms with van der Waals surface area (Å²) in [6.07, 6.45) is 0. The molecular formula is C26H17ClO5. The molecule has 1 aliphatic heterocycles. The number of aromatic hydroxyl groups is 1. The Morgan fingerprint density at radius 3 is 2.38 bits per heavy atom. The molecule has 1 unspecified atom stereocenters. The first-order valence-corrected chi connectivity index (χ1v) is 10.2. The highest BCUT2D eigenvalue weighted by Crippen LogP contribution is 2.46. The van der Waals surface area contributed by atoms with Crippen molar-refractivity contribution in [2.75, 3.05) is 0 Å². The number of para-hydroxylation sites is 2. The van der Waals surface area contributed by atoms with E-state index in [2.05, 4.69) is 6.58 Å². The van der Waals surface area contributed by atoms with Gasteiger partial charge in [-0.2, -0.15) is 0 Å². The molecule has 0 fully saturated rings. The Labute approximate surface area is 188 Å². The van der Waals surface area contributed by atoms with Crippen molar-refractivity contribution in [2.45, 2.75) is 5.92 Å². The van der Waals surface area contributed by atoms with E-state index in [1.165, 1.54) is 0 Å². The monoisotopic (exact) mass is 444 g/mol. The first-order valence-electron chi connectivity index (χ1n) is 9.85. The molecule has 1 atom stereocenters. The van der Waals surface area contributed by atoms with E-state index in [1.807, 2.05) is 0 Å². The average Bonchev–Trinajstić information content (AvgIpc) is 2.78. The van der Waals surface area contributed by atoms with E-state index in [9.17, 15) is 15.0 Å². The van der Waals surface area contributed by atoms with E-state index >= 15 is 0 Å². The number of ether oxygens (including phenoxy) is 1. The zero-order valence-corrected chi connectivity index (χ0v) is 17.5. The topological polar surface area (TPSA) is 79.9 Å². The number of allylic oxidation sites excluding steroid dienone is 1. The SMILES string of the molecule is C=C1Oc2ccccc2C(O)=C1C(c1ccc(Cl)cc1)c1c(O)c2ccccc2oc1=O. The van der Waals surface area contributed by atoms with Crippen LogP contribution in [0.15, 0.2) is 99.9 Å². The first-order chi connectivity index (χ1) is 15.5. The van der Waals surface area contributed by atoms with Crippen LogP contribution in [0.4, 0.5) is 0 Å². The third kappa shape index (κ3) is 3.15. The second kappa shape index (κ2) is 7.62. The molecule has 0 aliphatic carbocycles. The van der Waals surface area contributed by atoms with Gasteiger partial charge in [0.1, 0.15) is 28.6 Å². The van der Waals surface area contributed by atoms with Crippen molar-refractivity contribution in [3.8, 4) is 11.5 Å². The van der Waals surface area contributed by atoms with Crippen molar-refractivity contribution >= 4 is 28.3 Å². The Kier molecular flexibility index (Phi) is 4.76. The summed E-state index contributed by atoms with van der Waals surface area (Å²) >= 11 is 6.08. The standard InChI is InChI=1S/C26H17ClO5/c1-14-21(24(28)17-6-2-4-8-19(17)31-14)22(15-10-12-16(27)13-11-15)23-25(29)18-7-3-5-9-20(18)32-26(23)30/h2-13,22,28-29H,1H2. The number of benzene rings is 3.